The fourth-order valence-electron chi connectivity index (χ4n) is 0.211. The smallest absolute Gasteiger partial charge is 0.736 e. The van der Waals surface area contributed by atoms with E-state index in [-0.39, 0.29) is 29.8 Å². The van der Waals surface area contributed by atoms with Gasteiger partial charge in [0.25, 0.3) is 0 Å². The zero-order chi connectivity index (χ0) is 5.98. The van der Waals surface area contributed by atoms with Crippen LogP contribution in [-0.2, 0) is 44.7 Å². The second-order valence-corrected chi connectivity index (χ2v) is 1.70. The van der Waals surface area contributed by atoms with Crippen molar-refractivity contribution in [3.8, 4) is 0 Å². The molecule has 0 aromatic carbocycles. The molecule has 0 fully saturated rings. The van der Waals surface area contributed by atoms with Crippen molar-refractivity contribution in [1.82, 2.24) is 20.4 Å². The van der Waals surface area contributed by atoms with Crippen LogP contribution in [0.5, 0.6) is 0 Å². The average Bonchev–Trinajstić information content (AvgIpc) is 1.77. The van der Waals surface area contributed by atoms with Gasteiger partial charge in [-0.25, -0.2) is 0 Å². The second kappa shape index (κ2) is 3.92. The van der Waals surface area contributed by atoms with Crippen LogP contribution < -0.4 is 0 Å². The summed E-state index contributed by atoms with van der Waals surface area (Å²) in [5.41, 5.74) is 0. The van der Waals surface area contributed by atoms with E-state index >= 15 is 0 Å². The van der Waals surface area contributed by atoms with Gasteiger partial charge in [0, 0.05) is 0 Å². The van der Waals surface area contributed by atoms with E-state index in [0.29, 0.717) is 0 Å². The molecule has 1 heterocycles. The predicted octanol–water partition coefficient (Wildman–Crippen LogP) is -0.924. The molecule has 0 unspecified atom stereocenters. The molecule has 0 bridgehead atoms. The first kappa shape index (κ1) is 9.00. The van der Waals surface area contributed by atoms with Gasteiger partial charge in [0.15, 0.2) is 0 Å². The number of aromatic nitrogens is 4. The van der Waals surface area contributed by atoms with Crippen LogP contribution in [0.4, 0.5) is 0 Å². The summed E-state index contributed by atoms with van der Waals surface area (Å²) in [5, 5.41) is 13.7. The largest absolute Gasteiger partial charge is 2.00 e. The zero-order valence-corrected chi connectivity index (χ0v) is 8.91. The Morgan fingerprint density at radius 2 is 1.00 bits per heavy atom. The topological polar surface area (TPSA) is 51.6 Å². The molecule has 1 aromatic heterocycles. The molecule has 0 spiro atoms. The molecule has 0 atom stereocenters. The van der Waals surface area contributed by atoms with Crippen molar-refractivity contribution in [3.05, 3.63) is 0 Å². The fourth-order valence-corrected chi connectivity index (χ4v) is 0.374. The first-order valence-electron chi connectivity index (χ1n) is 1.70. The summed E-state index contributed by atoms with van der Waals surface area (Å²) in [5.74, 6) is 0. The Labute approximate surface area is 75.4 Å². The van der Waals surface area contributed by atoms with E-state index in [9.17, 15) is 0 Å². The Bertz CT molecular complexity index is 155. The molecule has 9 heavy (non-hydrogen) atoms. The van der Waals surface area contributed by atoms with Crippen molar-refractivity contribution in [3.63, 3.8) is 0 Å². The van der Waals surface area contributed by atoms with Crippen LogP contribution in [-0.4, -0.2) is 20.4 Å². The molecule has 7 heteroatoms. The summed E-state index contributed by atoms with van der Waals surface area (Å²) in [7, 11) is 0. The molecule has 0 N–H and O–H groups in total. The number of hydrogen-bond acceptors (Lipinski definition) is 6. The molecule has 4 nitrogen and oxygen atoms in total. The molecule has 0 radical (unpaired) electrons. The minimum absolute atomic E-state index is 0. The average molecular weight is 210 g/mol. The maximum atomic E-state index is 4.48. The summed E-state index contributed by atoms with van der Waals surface area (Å²) in [6, 6.07) is 0. The number of hydrogen-bond donors (Lipinski definition) is 0. The monoisotopic (exact) mass is 208 g/mol. The third kappa shape index (κ3) is 2.88. The van der Waals surface area contributed by atoms with E-state index in [2.05, 4.69) is 45.7 Å². The van der Waals surface area contributed by atoms with Gasteiger partial charge in [0.2, 0.25) is 0 Å². The van der Waals surface area contributed by atoms with Crippen molar-refractivity contribution < 1.29 is 19.5 Å². The van der Waals surface area contributed by atoms with Crippen molar-refractivity contribution in [2.45, 2.75) is 10.3 Å². The summed E-state index contributed by atoms with van der Waals surface area (Å²) in [4.78, 5) is 0. The van der Waals surface area contributed by atoms with Crippen molar-refractivity contribution >= 4 is 25.3 Å². The van der Waals surface area contributed by atoms with Gasteiger partial charge in [-0.15, -0.1) is 0 Å². The molecule has 0 amide bonds. The van der Waals surface area contributed by atoms with Crippen molar-refractivity contribution in [2.24, 2.45) is 0 Å². The van der Waals surface area contributed by atoms with Gasteiger partial charge in [-0.1, -0.05) is 0 Å². The van der Waals surface area contributed by atoms with Gasteiger partial charge in [-0.2, -0.15) is 20.4 Å². The number of nitrogens with zero attached hydrogens (tertiary/aromatic N) is 4. The minimum Gasteiger partial charge on any atom is -0.736 e. The molecule has 42 valence electrons. The predicted molar refractivity (Wildman–Crippen MR) is 28.9 cm³/mol. The van der Waals surface area contributed by atoms with Crippen LogP contribution in [0.2, 0.25) is 0 Å². The standard InChI is InChI=1S/C2H2N4S2.Zn/c7-1-3-5-2(8)6-4-1;/h(H,3,4,7)(H,5,6,8);/q;+2/p-2. The Morgan fingerprint density at radius 1 is 0.778 bits per heavy atom. The van der Waals surface area contributed by atoms with Crippen LogP contribution in [0.1, 0.15) is 0 Å². The summed E-state index contributed by atoms with van der Waals surface area (Å²) in [6.07, 6.45) is 0. The Balaban J connectivity index is 0.000000640. The van der Waals surface area contributed by atoms with Gasteiger partial charge < -0.3 is 25.3 Å². The molecular formula is C2N4S2Zn. The third-order valence-electron chi connectivity index (χ3n) is 0.442. The molecule has 0 aliphatic rings. The van der Waals surface area contributed by atoms with Gasteiger partial charge in [-0.05, 0) is 0 Å². The third-order valence-corrected chi connectivity index (χ3v) is 0.769. The van der Waals surface area contributed by atoms with E-state index in [4.69, 9.17) is 0 Å². The molecule has 1 rings (SSSR count). The van der Waals surface area contributed by atoms with Gasteiger partial charge in [-0.3, -0.25) is 0 Å². The van der Waals surface area contributed by atoms with E-state index in [1.165, 1.54) is 0 Å². The van der Waals surface area contributed by atoms with Crippen LogP contribution in [0.3, 0.4) is 0 Å². The van der Waals surface area contributed by atoms with Crippen LogP contribution in [0.25, 0.3) is 0 Å². The van der Waals surface area contributed by atoms with Crippen LogP contribution in [0, 0.1) is 0 Å². The van der Waals surface area contributed by atoms with Gasteiger partial charge in [0.1, 0.15) is 0 Å². The van der Waals surface area contributed by atoms with E-state index < -0.39 is 0 Å². The summed E-state index contributed by atoms with van der Waals surface area (Å²) < 4.78 is 0. The van der Waals surface area contributed by atoms with E-state index in [0.717, 1.165) is 0 Å². The van der Waals surface area contributed by atoms with Crippen LogP contribution >= 0.6 is 0 Å². The minimum atomic E-state index is 0. The van der Waals surface area contributed by atoms with Crippen molar-refractivity contribution in [2.75, 3.05) is 0 Å². The Hall–Kier alpha value is 0.00338. The quantitative estimate of drug-likeness (QED) is 0.407. The SMILES string of the molecule is [S-]c1nnc([S-])nn1.[Zn+2]. The van der Waals surface area contributed by atoms with E-state index in [1.54, 1.807) is 0 Å². The molecule has 0 saturated heterocycles. The van der Waals surface area contributed by atoms with E-state index in [1.807, 2.05) is 0 Å². The van der Waals surface area contributed by atoms with Gasteiger partial charge >= 0.3 is 19.5 Å². The Kier molecular flexibility index (Phi) is 3.92. The van der Waals surface area contributed by atoms with Crippen molar-refractivity contribution in [1.29, 1.82) is 0 Å². The molecule has 1 aromatic rings. The Morgan fingerprint density at radius 3 is 1.22 bits per heavy atom. The first-order chi connectivity index (χ1) is 3.79. The maximum Gasteiger partial charge on any atom is 2.00 e. The molecule has 0 aliphatic carbocycles. The molecular weight excluding hydrogens is 210 g/mol. The maximum absolute atomic E-state index is 4.48. The summed E-state index contributed by atoms with van der Waals surface area (Å²) in [6.45, 7) is 0. The molecule has 0 aliphatic heterocycles. The fraction of sp³-hybridized carbons (Fsp3) is 0. The van der Waals surface area contributed by atoms with Crippen LogP contribution in [0.15, 0.2) is 10.3 Å². The van der Waals surface area contributed by atoms with Gasteiger partial charge in [0.05, 0.1) is 10.3 Å². The normalized spacial score (nSPS) is 8.00. The zero-order valence-electron chi connectivity index (χ0n) is 4.31. The molecule has 0 saturated carbocycles. The first-order valence-corrected chi connectivity index (χ1v) is 2.52. The number of rotatable bonds is 0. The summed E-state index contributed by atoms with van der Waals surface area (Å²) >= 11 is 8.96. The second-order valence-electron chi connectivity index (χ2n) is 0.965.